The number of piperazine rings is 1. The number of rotatable bonds is 3. The van der Waals surface area contributed by atoms with Crippen LogP contribution in [0.5, 0.6) is 0 Å². The second-order valence-electron chi connectivity index (χ2n) is 5.69. The summed E-state index contributed by atoms with van der Waals surface area (Å²) in [5.74, 6) is 0. The highest BCUT2D eigenvalue weighted by molar-refractivity contribution is 9.10. The van der Waals surface area contributed by atoms with Crippen LogP contribution >= 0.6 is 39.7 Å². The Morgan fingerprint density at radius 1 is 1.26 bits per heavy atom. The van der Waals surface area contributed by atoms with E-state index in [2.05, 4.69) is 21.2 Å². The number of hydrogen-bond acceptors (Lipinski definition) is 3. The highest BCUT2D eigenvalue weighted by Gasteiger charge is 2.31. The molecule has 0 atom stereocenters. The molecule has 23 heavy (non-hydrogen) atoms. The van der Waals surface area contributed by atoms with E-state index in [9.17, 15) is 8.42 Å². The van der Waals surface area contributed by atoms with Crippen LogP contribution in [0.15, 0.2) is 27.6 Å². The number of nitrogens with one attached hydrogen (secondary N) is 1. The molecule has 1 aromatic carbocycles. The molecule has 2 fully saturated rings. The van der Waals surface area contributed by atoms with E-state index >= 15 is 0 Å². The maximum Gasteiger partial charge on any atom is 0.244 e. The Balaban J connectivity index is 1.67. The molecule has 0 spiro atoms. The molecule has 1 saturated carbocycles. The molecule has 3 rings (SSSR count). The number of thiocarbonyl (C=S) groups is 1. The average Bonchev–Trinajstić information content (AvgIpc) is 3.31. The van der Waals surface area contributed by atoms with Gasteiger partial charge in [-0.1, -0.05) is 27.5 Å². The molecule has 1 aliphatic heterocycles. The Hall–Kier alpha value is -0.410. The number of hydrogen-bond donors (Lipinski definition) is 1. The summed E-state index contributed by atoms with van der Waals surface area (Å²) in [4.78, 5) is 2.18. The van der Waals surface area contributed by atoms with Crippen molar-refractivity contribution in [1.82, 2.24) is 14.5 Å². The SMILES string of the molecule is O=S(=O)(c1ccc(Br)cc1Cl)N1CCN(C(=S)NC2CC2)CC1. The van der Waals surface area contributed by atoms with Crippen LogP contribution in [0.2, 0.25) is 5.02 Å². The summed E-state index contributed by atoms with van der Waals surface area (Å²) in [6.45, 7) is 1.99. The van der Waals surface area contributed by atoms with Crippen molar-refractivity contribution in [3.05, 3.63) is 27.7 Å². The molecular formula is C14H17BrClN3O2S2. The molecule has 0 unspecified atom stereocenters. The van der Waals surface area contributed by atoms with Gasteiger partial charge in [0.05, 0.1) is 5.02 Å². The Morgan fingerprint density at radius 2 is 1.91 bits per heavy atom. The van der Waals surface area contributed by atoms with Crippen LogP contribution in [-0.2, 0) is 10.0 Å². The number of halogens is 2. The summed E-state index contributed by atoms with van der Waals surface area (Å²) in [7, 11) is -3.58. The van der Waals surface area contributed by atoms with Gasteiger partial charge in [0.25, 0.3) is 0 Å². The lowest BCUT2D eigenvalue weighted by molar-refractivity contribution is 0.264. The second kappa shape index (κ2) is 6.84. The predicted octanol–water partition coefficient (Wildman–Crippen LogP) is 2.45. The summed E-state index contributed by atoms with van der Waals surface area (Å²) in [5.41, 5.74) is 0. The van der Waals surface area contributed by atoms with Gasteiger partial charge in [-0.25, -0.2) is 8.42 Å². The third-order valence-corrected chi connectivity index (χ3v) is 7.19. The summed E-state index contributed by atoms with van der Waals surface area (Å²) in [5, 5.41) is 4.24. The van der Waals surface area contributed by atoms with E-state index in [1.807, 2.05) is 4.90 Å². The maximum absolute atomic E-state index is 12.7. The maximum atomic E-state index is 12.7. The second-order valence-corrected chi connectivity index (χ2v) is 9.31. The first kappa shape index (κ1) is 17.4. The fourth-order valence-electron chi connectivity index (χ4n) is 2.45. The molecular weight excluding hydrogens is 422 g/mol. The van der Waals surface area contributed by atoms with E-state index in [1.54, 1.807) is 12.1 Å². The first-order valence-corrected chi connectivity index (χ1v) is 10.4. The van der Waals surface area contributed by atoms with Crippen molar-refractivity contribution in [3.8, 4) is 0 Å². The lowest BCUT2D eigenvalue weighted by Gasteiger charge is -2.35. The van der Waals surface area contributed by atoms with E-state index in [1.165, 1.54) is 10.4 Å². The van der Waals surface area contributed by atoms with Gasteiger partial charge in [-0.3, -0.25) is 0 Å². The van der Waals surface area contributed by atoms with Crippen molar-refractivity contribution in [2.24, 2.45) is 0 Å². The van der Waals surface area contributed by atoms with Crippen LogP contribution in [0.3, 0.4) is 0 Å². The van der Waals surface area contributed by atoms with Gasteiger partial charge >= 0.3 is 0 Å². The average molecular weight is 439 g/mol. The largest absolute Gasteiger partial charge is 0.360 e. The summed E-state index contributed by atoms with van der Waals surface area (Å²) in [6.07, 6.45) is 2.33. The van der Waals surface area contributed by atoms with Crippen molar-refractivity contribution in [2.45, 2.75) is 23.8 Å². The molecule has 1 saturated heterocycles. The van der Waals surface area contributed by atoms with Gasteiger partial charge in [0.15, 0.2) is 5.11 Å². The van der Waals surface area contributed by atoms with E-state index < -0.39 is 10.0 Å². The first-order valence-electron chi connectivity index (χ1n) is 7.38. The van der Waals surface area contributed by atoms with Crippen molar-refractivity contribution < 1.29 is 8.42 Å². The highest BCUT2D eigenvalue weighted by Crippen LogP contribution is 2.28. The predicted molar refractivity (Wildman–Crippen MR) is 98.2 cm³/mol. The highest BCUT2D eigenvalue weighted by atomic mass is 79.9. The zero-order chi connectivity index (χ0) is 16.6. The number of sulfonamides is 1. The number of nitrogens with zero attached hydrogens (tertiary/aromatic N) is 2. The molecule has 126 valence electrons. The minimum Gasteiger partial charge on any atom is -0.360 e. The van der Waals surface area contributed by atoms with Crippen LogP contribution in [-0.4, -0.2) is 55.0 Å². The van der Waals surface area contributed by atoms with Gasteiger partial charge in [0.1, 0.15) is 4.90 Å². The molecule has 9 heteroatoms. The minimum absolute atomic E-state index is 0.148. The Morgan fingerprint density at radius 3 is 2.48 bits per heavy atom. The van der Waals surface area contributed by atoms with Crippen molar-refractivity contribution in [1.29, 1.82) is 0 Å². The molecule has 5 nitrogen and oxygen atoms in total. The molecule has 0 amide bonds. The lowest BCUT2D eigenvalue weighted by Crippen LogP contribution is -2.53. The van der Waals surface area contributed by atoms with Gasteiger partial charge in [0.2, 0.25) is 10.0 Å². The fourth-order valence-corrected chi connectivity index (χ4v) is 5.23. The molecule has 2 aliphatic rings. The molecule has 1 aromatic rings. The monoisotopic (exact) mass is 437 g/mol. The Labute approximate surface area is 155 Å². The zero-order valence-electron chi connectivity index (χ0n) is 12.3. The minimum atomic E-state index is -3.58. The van der Waals surface area contributed by atoms with Crippen LogP contribution < -0.4 is 5.32 Å². The molecule has 1 N–H and O–H groups in total. The van der Waals surface area contributed by atoms with Gasteiger partial charge < -0.3 is 10.2 Å². The van der Waals surface area contributed by atoms with E-state index in [4.69, 9.17) is 23.8 Å². The van der Waals surface area contributed by atoms with Crippen LogP contribution in [0.4, 0.5) is 0 Å². The molecule has 1 aliphatic carbocycles. The topological polar surface area (TPSA) is 52.7 Å². The Kier molecular flexibility index (Phi) is 5.18. The first-order chi connectivity index (χ1) is 10.9. The third-order valence-electron chi connectivity index (χ3n) is 3.94. The van der Waals surface area contributed by atoms with Crippen LogP contribution in [0.1, 0.15) is 12.8 Å². The lowest BCUT2D eigenvalue weighted by atomic mass is 10.4. The quantitative estimate of drug-likeness (QED) is 0.735. The van der Waals surface area contributed by atoms with Gasteiger partial charge in [0, 0.05) is 36.7 Å². The molecule has 0 radical (unpaired) electrons. The van der Waals surface area contributed by atoms with Crippen molar-refractivity contribution >= 4 is 54.9 Å². The summed E-state index contributed by atoms with van der Waals surface area (Å²) in [6, 6.07) is 5.32. The van der Waals surface area contributed by atoms with E-state index in [0.29, 0.717) is 32.2 Å². The third kappa shape index (κ3) is 3.99. The van der Waals surface area contributed by atoms with Gasteiger partial charge in [-0.15, -0.1) is 0 Å². The van der Waals surface area contributed by atoms with E-state index in [0.717, 1.165) is 22.4 Å². The summed E-state index contributed by atoms with van der Waals surface area (Å²) < 4.78 is 27.7. The molecule has 0 aromatic heterocycles. The van der Waals surface area contributed by atoms with E-state index in [-0.39, 0.29) is 9.92 Å². The van der Waals surface area contributed by atoms with Crippen molar-refractivity contribution in [3.63, 3.8) is 0 Å². The number of benzene rings is 1. The smallest absolute Gasteiger partial charge is 0.244 e. The van der Waals surface area contributed by atoms with Crippen LogP contribution in [0.25, 0.3) is 0 Å². The fraction of sp³-hybridized carbons (Fsp3) is 0.500. The zero-order valence-corrected chi connectivity index (χ0v) is 16.3. The van der Waals surface area contributed by atoms with Crippen molar-refractivity contribution in [2.75, 3.05) is 26.2 Å². The normalized spacial score (nSPS) is 19.7. The Bertz CT molecular complexity index is 717. The standard InChI is InChI=1S/C14H17BrClN3O2S2/c15-10-1-4-13(12(16)9-10)23(20,21)19-7-5-18(6-8-19)14(22)17-11-2-3-11/h1,4,9,11H,2-3,5-8H2,(H,17,22). The molecule has 1 heterocycles. The van der Waals surface area contributed by atoms with Gasteiger partial charge in [-0.2, -0.15) is 4.31 Å². The summed E-state index contributed by atoms with van der Waals surface area (Å²) >= 11 is 14.8. The van der Waals surface area contributed by atoms with Gasteiger partial charge in [-0.05, 0) is 43.3 Å². The van der Waals surface area contributed by atoms with Crippen LogP contribution in [0, 0.1) is 0 Å². The molecule has 0 bridgehead atoms.